The number of hydrogen-bond acceptors (Lipinski definition) is 5. The number of benzene rings is 1. The summed E-state index contributed by atoms with van der Waals surface area (Å²) in [4.78, 5) is 13.9. The molecule has 1 fully saturated rings. The third-order valence-corrected chi connectivity index (χ3v) is 6.11. The van der Waals surface area contributed by atoms with Gasteiger partial charge in [-0.2, -0.15) is 13.2 Å². The summed E-state index contributed by atoms with van der Waals surface area (Å²) in [6, 6.07) is 3.74. The fourth-order valence-electron chi connectivity index (χ4n) is 4.15. The van der Waals surface area contributed by atoms with Crippen LogP contribution in [0.2, 0.25) is 0 Å². The monoisotopic (exact) mass is 442 g/mol. The molecule has 2 atom stereocenters. The number of nitrogens with one attached hydrogen (secondary N) is 1. The lowest BCUT2D eigenvalue weighted by atomic mass is 9.94. The second-order valence-electron chi connectivity index (χ2n) is 7.69. The van der Waals surface area contributed by atoms with E-state index in [0.29, 0.717) is 30.9 Å². The SMILES string of the molecule is COc1cc2c(cc1N1CCOCC1)CC(CC1(Cl)C=CC(C(F)(F)F)=CN1)C2=O. The third-order valence-electron chi connectivity index (χ3n) is 5.72. The Morgan fingerprint density at radius 1 is 1.33 bits per heavy atom. The van der Waals surface area contributed by atoms with Gasteiger partial charge in [-0.1, -0.05) is 11.6 Å². The highest BCUT2D eigenvalue weighted by atomic mass is 35.5. The van der Waals surface area contributed by atoms with Crippen molar-refractivity contribution in [2.45, 2.75) is 24.0 Å². The molecule has 30 heavy (non-hydrogen) atoms. The molecule has 5 nitrogen and oxygen atoms in total. The van der Waals surface area contributed by atoms with Crippen LogP contribution in [0.1, 0.15) is 22.3 Å². The molecule has 0 saturated carbocycles. The number of morpholine rings is 1. The highest BCUT2D eigenvalue weighted by molar-refractivity contribution is 6.25. The first-order valence-corrected chi connectivity index (χ1v) is 10.1. The van der Waals surface area contributed by atoms with E-state index in [1.54, 1.807) is 13.2 Å². The van der Waals surface area contributed by atoms with E-state index >= 15 is 0 Å². The van der Waals surface area contributed by atoms with Crippen molar-refractivity contribution in [2.24, 2.45) is 5.92 Å². The van der Waals surface area contributed by atoms with Gasteiger partial charge in [0, 0.05) is 30.8 Å². The number of rotatable bonds is 4. The minimum Gasteiger partial charge on any atom is -0.495 e. The Balaban J connectivity index is 1.53. The summed E-state index contributed by atoms with van der Waals surface area (Å²) >= 11 is 6.48. The first kappa shape index (κ1) is 21.1. The number of alkyl halides is 4. The summed E-state index contributed by atoms with van der Waals surface area (Å²) in [5, 5.41) is 2.61. The number of nitrogens with zero attached hydrogens (tertiary/aromatic N) is 1. The summed E-state index contributed by atoms with van der Waals surface area (Å²) in [5.41, 5.74) is 1.60. The maximum absolute atomic E-state index is 13.0. The van der Waals surface area contributed by atoms with Crippen molar-refractivity contribution in [3.63, 3.8) is 0 Å². The summed E-state index contributed by atoms with van der Waals surface area (Å²) in [5.74, 6) is 0.122. The highest BCUT2D eigenvalue weighted by Crippen LogP contribution is 2.41. The van der Waals surface area contributed by atoms with Gasteiger partial charge in [-0.3, -0.25) is 4.79 Å². The standard InChI is InChI=1S/C21H22ClF3N2O3/c1-29-18-10-16-13(9-17(18)27-4-6-30-7-5-27)8-14(19(16)28)11-20(22)3-2-15(12-26-20)21(23,24)25/h2-3,9-10,12,14,26H,4-8,11H2,1H3. The minimum absolute atomic E-state index is 0.0716. The number of anilines is 1. The van der Waals surface area contributed by atoms with Crippen LogP contribution in [-0.2, 0) is 11.2 Å². The molecule has 2 aliphatic heterocycles. The van der Waals surface area contributed by atoms with Crippen LogP contribution >= 0.6 is 11.6 Å². The molecule has 0 radical (unpaired) electrons. The molecular formula is C21H22ClF3N2O3. The summed E-state index contributed by atoms with van der Waals surface area (Å²) in [6.07, 6.45) is -0.708. The molecule has 0 amide bonds. The lowest BCUT2D eigenvalue weighted by molar-refractivity contribution is -0.0889. The number of hydrogen-bond donors (Lipinski definition) is 1. The van der Waals surface area contributed by atoms with Crippen molar-refractivity contribution in [1.82, 2.24) is 5.32 Å². The smallest absolute Gasteiger partial charge is 0.417 e. The molecule has 0 bridgehead atoms. The zero-order chi connectivity index (χ0) is 21.5. The van der Waals surface area contributed by atoms with Crippen LogP contribution in [0.15, 0.2) is 36.1 Å². The molecule has 1 aromatic rings. The van der Waals surface area contributed by atoms with E-state index in [9.17, 15) is 18.0 Å². The number of fused-ring (bicyclic) bond motifs is 1. The van der Waals surface area contributed by atoms with Crippen LogP contribution in [0, 0.1) is 5.92 Å². The van der Waals surface area contributed by atoms with Gasteiger partial charge < -0.3 is 19.7 Å². The molecule has 1 aliphatic carbocycles. The van der Waals surface area contributed by atoms with Crippen molar-refractivity contribution < 1.29 is 27.4 Å². The van der Waals surface area contributed by atoms with Crippen molar-refractivity contribution in [1.29, 1.82) is 0 Å². The molecule has 0 aromatic heterocycles. The maximum Gasteiger partial charge on any atom is 0.417 e. The number of methoxy groups -OCH3 is 1. The van der Waals surface area contributed by atoms with Crippen molar-refractivity contribution in [2.75, 3.05) is 38.3 Å². The number of carbonyl (C=O) groups is 1. The van der Waals surface area contributed by atoms with Gasteiger partial charge in [-0.05, 0) is 42.7 Å². The van der Waals surface area contributed by atoms with Gasteiger partial charge in [0.1, 0.15) is 10.7 Å². The largest absolute Gasteiger partial charge is 0.495 e. The zero-order valence-corrected chi connectivity index (χ0v) is 17.1. The van der Waals surface area contributed by atoms with Crippen LogP contribution in [0.5, 0.6) is 5.75 Å². The number of ketones is 1. The van der Waals surface area contributed by atoms with Crippen molar-refractivity contribution >= 4 is 23.1 Å². The minimum atomic E-state index is -4.45. The van der Waals surface area contributed by atoms with Gasteiger partial charge in [0.05, 0.1) is 31.6 Å². The Morgan fingerprint density at radius 2 is 2.07 bits per heavy atom. The first-order valence-electron chi connectivity index (χ1n) is 9.71. The molecule has 1 N–H and O–H groups in total. The Kier molecular flexibility index (Phi) is 5.48. The van der Waals surface area contributed by atoms with Crippen LogP contribution in [-0.4, -0.2) is 50.4 Å². The quantitative estimate of drug-likeness (QED) is 0.567. The molecule has 162 valence electrons. The Morgan fingerprint density at radius 3 is 2.67 bits per heavy atom. The van der Waals surface area contributed by atoms with Gasteiger partial charge in [0.15, 0.2) is 5.78 Å². The number of halogens is 4. The molecule has 9 heteroatoms. The highest BCUT2D eigenvalue weighted by Gasteiger charge is 2.41. The van der Waals surface area contributed by atoms with E-state index in [-0.39, 0.29) is 12.2 Å². The fourth-order valence-corrected chi connectivity index (χ4v) is 4.45. The van der Waals surface area contributed by atoms with Crippen molar-refractivity contribution in [3.05, 3.63) is 47.2 Å². The predicted octanol–water partition coefficient (Wildman–Crippen LogP) is 3.82. The molecular weight excluding hydrogens is 421 g/mol. The van der Waals surface area contributed by atoms with Gasteiger partial charge in [0.25, 0.3) is 0 Å². The second-order valence-corrected chi connectivity index (χ2v) is 8.36. The predicted molar refractivity (Wildman–Crippen MR) is 107 cm³/mol. The van der Waals surface area contributed by atoms with E-state index in [2.05, 4.69) is 10.2 Å². The number of carbonyl (C=O) groups excluding carboxylic acids is 1. The summed E-state index contributed by atoms with van der Waals surface area (Å²) in [6.45, 7) is 2.73. The van der Waals surface area contributed by atoms with Gasteiger partial charge in [0.2, 0.25) is 0 Å². The third kappa shape index (κ3) is 4.03. The molecule has 4 rings (SSSR count). The van der Waals surface area contributed by atoms with Gasteiger partial charge in [-0.15, -0.1) is 0 Å². The molecule has 3 aliphatic rings. The van der Waals surface area contributed by atoms with E-state index in [1.807, 2.05) is 6.07 Å². The van der Waals surface area contributed by atoms with Crippen LogP contribution in [0.4, 0.5) is 18.9 Å². The average molecular weight is 443 g/mol. The summed E-state index contributed by atoms with van der Waals surface area (Å²) in [7, 11) is 1.57. The number of ether oxygens (including phenoxy) is 2. The fraction of sp³-hybridized carbons (Fsp3) is 0.476. The maximum atomic E-state index is 13.0. The lowest BCUT2D eigenvalue weighted by Gasteiger charge is -2.30. The van der Waals surface area contributed by atoms with Gasteiger partial charge in [-0.25, -0.2) is 0 Å². The van der Waals surface area contributed by atoms with E-state index in [4.69, 9.17) is 21.1 Å². The number of allylic oxidation sites excluding steroid dienone is 2. The Labute approximate surface area is 177 Å². The molecule has 1 saturated heterocycles. The van der Waals surface area contributed by atoms with Crippen LogP contribution in [0.25, 0.3) is 0 Å². The van der Waals surface area contributed by atoms with E-state index in [1.165, 1.54) is 6.08 Å². The lowest BCUT2D eigenvalue weighted by Crippen LogP contribution is -2.40. The zero-order valence-electron chi connectivity index (χ0n) is 16.4. The number of dihydropyridines is 1. The van der Waals surface area contributed by atoms with E-state index in [0.717, 1.165) is 36.6 Å². The average Bonchev–Trinajstić information content (AvgIpc) is 3.01. The van der Waals surface area contributed by atoms with Gasteiger partial charge >= 0.3 is 6.18 Å². The van der Waals surface area contributed by atoms with Crippen LogP contribution in [0.3, 0.4) is 0 Å². The molecule has 2 heterocycles. The molecule has 2 unspecified atom stereocenters. The van der Waals surface area contributed by atoms with E-state index < -0.39 is 22.7 Å². The Hall–Kier alpha value is -2.19. The molecule has 0 spiro atoms. The topological polar surface area (TPSA) is 50.8 Å². The Bertz CT molecular complexity index is 909. The normalized spacial score (nSPS) is 26.3. The number of Topliss-reactive ketones (excluding diaryl/α,β-unsaturated/α-hetero) is 1. The van der Waals surface area contributed by atoms with Crippen molar-refractivity contribution in [3.8, 4) is 5.75 Å². The molecule has 1 aromatic carbocycles. The first-order chi connectivity index (χ1) is 14.2. The van der Waals surface area contributed by atoms with Crippen LogP contribution < -0.4 is 15.0 Å². The second kappa shape index (κ2) is 7.81. The summed E-state index contributed by atoms with van der Waals surface area (Å²) < 4.78 is 49.4.